The third kappa shape index (κ3) is 2.73. The predicted octanol–water partition coefficient (Wildman–Crippen LogP) is 1.90. The normalized spacial score (nSPS) is 22.6. The van der Waals surface area contributed by atoms with Gasteiger partial charge in [-0.1, -0.05) is 12.1 Å². The first-order valence-corrected chi connectivity index (χ1v) is 8.29. The number of benzene rings is 1. The van der Waals surface area contributed by atoms with Crippen LogP contribution in [0.2, 0.25) is 0 Å². The molecule has 1 aliphatic heterocycles. The molecule has 1 aromatic carbocycles. The van der Waals surface area contributed by atoms with Crippen LogP contribution in [0.15, 0.2) is 12.1 Å². The van der Waals surface area contributed by atoms with Crippen molar-refractivity contribution in [3.05, 3.63) is 34.4 Å². The molecule has 0 saturated heterocycles. The molecule has 22 heavy (non-hydrogen) atoms. The molecule has 0 fully saturated rings. The van der Waals surface area contributed by atoms with Gasteiger partial charge in [0.15, 0.2) is 0 Å². The highest BCUT2D eigenvalue weighted by molar-refractivity contribution is 7.93. The molecule has 1 N–H and O–H groups in total. The van der Waals surface area contributed by atoms with Crippen LogP contribution in [-0.2, 0) is 43.7 Å². The number of rotatable bonds is 3. The first kappa shape index (κ1) is 15.4. The Morgan fingerprint density at radius 3 is 2.59 bits per heavy atom. The van der Waals surface area contributed by atoms with Gasteiger partial charge in [-0.25, -0.2) is 4.79 Å². The Bertz CT molecular complexity index is 594. The van der Waals surface area contributed by atoms with E-state index < -0.39 is 5.54 Å². The second kappa shape index (κ2) is 5.93. The molecule has 1 atom stereocenters. The molecule has 6 heteroatoms. The minimum atomic E-state index is -0.970. The van der Waals surface area contributed by atoms with Crippen molar-refractivity contribution >= 4 is 23.9 Å². The molecule has 0 radical (unpaired) electrons. The van der Waals surface area contributed by atoms with Gasteiger partial charge in [-0.3, -0.25) is 4.79 Å². The van der Waals surface area contributed by atoms with E-state index in [1.165, 1.54) is 30.1 Å². The monoisotopic (exact) mass is 321 g/mol. The molecule has 0 bridgehead atoms. The zero-order valence-electron chi connectivity index (χ0n) is 12.7. The fourth-order valence-electron chi connectivity index (χ4n) is 3.20. The molecular formula is C16H19NO4S. The van der Waals surface area contributed by atoms with Crippen LogP contribution in [0.1, 0.15) is 36.1 Å². The quantitative estimate of drug-likeness (QED) is 0.680. The van der Waals surface area contributed by atoms with Crippen LogP contribution in [0.3, 0.4) is 0 Å². The van der Waals surface area contributed by atoms with E-state index in [1.54, 1.807) is 6.92 Å². The summed E-state index contributed by atoms with van der Waals surface area (Å²) in [4.78, 5) is 24.0. The van der Waals surface area contributed by atoms with E-state index in [-0.39, 0.29) is 11.9 Å². The largest absolute Gasteiger partial charge is 0.464 e. The van der Waals surface area contributed by atoms with Gasteiger partial charge in [0.25, 0.3) is 0 Å². The zero-order valence-corrected chi connectivity index (χ0v) is 13.5. The molecule has 2 aliphatic rings. The van der Waals surface area contributed by atoms with E-state index in [0.717, 1.165) is 16.9 Å². The summed E-state index contributed by atoms with van der Waals surface area (Å²) in [6.07, 6.45) is 0.959. The third-order valence-corrected chi connectivity index (χ3v) is 4.81. The standard InChI is InChI=1S/C16H19NO4S/c1-3-20-15(19)16(17-10(2)18)6-11-4-13-8-21-22-9-14(13)5-12(11)7-16/h4-5H,3,6-9H2,1-2H3,(H,17,18)/t16-/m0/s1. The Morgan fingerprint density at radius 1 is 1.27 bits per heavy atom. The minimum Gasteiger partial charge on any atom is -0.464 e. The number of ether oxygens (including phenoxy) is 1. The maximum Gasteiger partial charge on any atom is 0.332 e. The van der Waals surface area contributed by atoms with Gasteiger partial charge in [0, 0.05) is 25.5 Å². The lowest BCUT2D eigenvalue weighted by atomic mass is 9.95. The molecule has 1 aliphatic carbocycles. The first-order chi connectivity index (χ1) is 10.5. The molecule has 3 rings (SSSR count). The summed E-state index contributed by atoms with van der Waals surface area (Å²) >= 11 is 1.45. The maximum absolute atomic E-state index is 12.4. The third-order valence-electron chi connectivity index (χ3n) is 4.10. The lowest BCUT2D eigenvalue weighted by molar-refractivity contribution is -0.152. The fraction of sp³-hybridized carbons (Fsp3) is 0.500. The molecule has 0 saturated carbocycles. The van der Waals surface area contributed by atoms with Crippen molar-refractivity contribution < 1.29 is 18.5 Å². The van der Waals surface area contributed by atoms with E-state index in [0.29, 0.717) is 26.1 Å². The van der Waals surface area contributed by atoms with Crippen molar-refractivity contribution in [1.82, 2.24) is 5.32 Å². The summed E-state index contributed by atoms with van der Waals surface area (Å²) in [7, 11) is 0. The van der Waals surface area contributed by atoms with E-state index in [1.807, 2.05) is 0 Å². The molecule has 1 heterocycles. The van der Waals surface area contributed by atoms with Crippen molar-refractivity contribution in [3.63, 3.8) is 0 Å². The smallest absolute Gasteiger partial charge is 0.332 e. The van der Waals surface area contributed by atoms with Gasteiger partial charge in [-0.05, 0) is 41.2 Å². The average molecular weight is 321 g/mol. The van der Waals surface area contributed by atoms with E-state index >= 15 is 0 Å². The SMILES string of the molecule is CCOC(=O)[C@]1(NC(C)=O)Cc2cc3c(cc2C1)CSOC3. The van der Waals surface area contributed by atoms with Gasteiger partial charge < -0.3 is 14.2 Å². The molecule has 0 spiro atoms. The average Bonchev–Trinajstić information content (AvgIpc) is 2.82. The van der Waals surface area contributed by atoms with Crippen LogP contribution >= 0.6 is 12.0 Å². The lowest BCUT2D eigenvalue weighted by Crippen LogP contribution is -2.55. The second-order valence-corrected chi connectivity index (χ2v) is 6.51. The van der Waals surface area contributed by atoms with Gasteiger partial charge in [0.05, 0.1) is 13.2 Å². The Kier molecular flexibility index (Phi) is 4.14. The van der Waals surface area contributed by atoms with Crippen molar-refractivity contribution in [3.8, 4) is 0 Å². The van der Waals surface area contributed by atoms with Crippen LogP contribution in [0, 0.1) is 0 Å². The summed E-state index contributed by atoms with van der Waals surface area (Å²) in [5.41, 5.74) is 3.65. The van der Waals surface area contributed by atoms with Gasteiger partial charge in [0.1, 0.15) is 5.54 Å². The van der Waals surface area contributed by atoms with Crippen molar-refractivity contribution in [1.29, 1.82) is 0 Å². The minimum absolute atomic E-state index is 0.218. The highest BCUT2D eigenvalue weighted by Gasteiger charge is 2.46. The number of hydrogen-bond acceptors (Lipinski definition) is 5. The van der Waals surface area contributed by atoms with Crippen LogP contribution in [-0.4, -0.2) is 24.0 Å². The molecule has 118 valence electrons. The molecule has 5 nitrogen and oxygen atoms in total. The van der Waals surface area contributed by atoms with E-state index in [4.69, 9.17) is 8.92 Å². The predicted molar refractivity (Wildman–Crippen MR) is 83.1 cm³/mol. The van der Waals surface area contributed by atoms with Gasteiger partial charge in [-0.15, -0.1) is 0 Å². The van der Waals surface area contributed by atoms with E-state index in [2.05, 4.69) is 17.4 Å². The van der Waals surface area contributed by atoms with Gasteiger partial charge in [0.2, 0.25) is 5.91 Å². The van der Waals surface area contributed by atoms with E-state index in [9.17, 15) is 9.59 Å². The molecule has 1 aromatic rings. The summed E-state index contributed by atoms with van der Waals surface area (Å²) in [5.74, 6) is 0.240. The number of nitrogens with one attached hydrogen (secondary N) is 1. The fourth-order valence-corrected chi connectivity index (χ4v) is 3.89. The van der Waals surface area contributed by atoms with Crippen LogP contribution in [0.25, 0.3) is 0 Å². The molecule has 0 aromatic heterocycles. The Balaban J connectivity index is 1.94. The second-order valence-electron chi connectivity index (χ2n) is 5.75. The summed E-state index contributed by atoms with van der Waals surface area (Å²) in [6, 6.07) is 4.25. The number of amides is 1. The van der Waals surface area contributed by atoms with Crippen molar-refractivity contribution in [2.75, 3.05) is 6.61 Å². The number of esters is 1. The Morgan fingerprint density at radius 2 is 1.95 bits per heavy atom. The summed E-state index contributed by atoms with van der Waals surface area (Å²) in [6.45, 7) is 4.09. The number of hydrogen-bond donors (Lipinski definition) is 1. The number of carbonyl (C=O) groups excluding carboxylic acids is 2. The van der Waals surface area contributed by atoms with Crippen LogP contribution in [0.4, 0.5) is 0 Å². The maximum atomic E-state index is 12.4. The lowest BCUT2D eigenvalue weighted by Gasteiger charge is -2.27. The van der Waals surface area contributed by atoms with Crippen LogP contribution < -0.4 is 5.32 Å². The van der Waals surface area contributed by atoms with Crippen molar-refractivity contribution in [2.45, 2.75) is 44.6 Å². The van der Waals surface area contributed by atoms with Crippen LogP contribution in [0.5, 0.6) is 0 Å². The highest BCUT2D eigenvalue weighted by Crippen LogP contribution is 2.36. The molecule has 0 unspecified atom stereocenters. The first-order valence-electron chi connectivity index (χ1n) is 7.38. The Hall–Kier alpha value is -1.53. The van der Waals surface area contributed by atoms with Crippen molar-refractivity contribution in [2.24, 2.45) is 0 Å². The summed E-state index contributed by atoms with van der Waals surface area (Å²) < 4.78 is 10.6. The molecular weight excluding hydrogens is 302 g/mol. The highest BCUT2D eigenvalue weighted by atomic mass is 32.2. The summed E-state index contributed by atoms with van der Waals surface area (Å²) in [5, 5.41) is 2.83. The number of carbonyl (C=O) groups is 2. The van der Waals surface area contributed by atoms with Gasteiger partial charge in [-0.2, -0.15) is 0 Å². The number of fused-ring (bicyclic) bond motifs is 2. The van der Waals surface area contributed by atoms with Gasteiger partial charge >= 0.3 is 5.97 Å². The Labute approximate surface area is 134 Å². The zero-order chi connectivity index (χ0) is 15.7. The molecule has 1 amide bonds. The topological polar surface area (TPSA) is 64.6 Å².